The Kier molecular flexibility index (Phi) is 3.98. The molecule has 1 aliphatic heterocycles. The second-order valence-electron chi connectivity index (χ2n) is 5.46. The van der Waals surface area contributed by atoms with Crippen LogP contribution in [0.1, 0.15) is 16.2 Å². The summed E-state index contributed by atoms with van der Waals surface area (Å²) in [5.74, 6) is -1.17. The van der Waals surface area contributed by atoms with Gasteiger partial charge in [-0.15, -0.1) is 0 Å². The summed E-state index contributed by atoms with van der Waals surface area (Å²) in [5, 5.41) is 13.3. The number of pyridine rings is 1. The monoisotopic (exact) mass is 330 g/mol. The Labute approximate surface area is 136 Å². The molecule has 0 spiro atoms. The summed E-state index contributed by atoms with van der Waals surface area (Å²) >= 11 is 0. The maximum absolute atomic E-state index is 12.1. The van der Waals surface area contributed by atoms with Crippen molar-refractivity contribution >= 4 is 23.5 Å². The number of aryl methyl sites for hydroxylation is 1. The number of rotatable bonds is 4. The number of amides is 2. The summed E-state index contributed by atoms with van der Waals surface area (Å²) in [6, 6.07) is 7.68. The second kappa shape index (κ2) is 6.11. The molecule has 0 aliphatic carbocycles. The van der Waals surface area contributed by atoms with Crippen LogP contribution in [0.5, 0.6) is 0 Å². The minimum atomic E-state index is -0.710. The van der Waals surface area contributed by atoms with E-state index >= 15 is 0 Å². The van der Waals surface area contributed by atoms with E-state index in [0.717, 1.165) is 11.8 Å². The first-order valence-corrected chi connectivity index (χ1v) is 7.22. The van der Waals surface area contributed by atoms with Crippen LogP contribution < -0.4 is 5.32 Å². The van der Waals surface area contributed by atoms with Gasteiger partial charge in [-0.1, -0.05) is 6.07 Å². The third-order valence-corrected chi connectivity index (χ3v) is 3.66. The van der Waals surface area contributed by atoms with Gasteiger partial charge in [0, 0.05) is 18.8 Å². The summed E-state index contributed by atoms with van der Waals surface area (Å²) in [5.41, 5.74) is 0.789. The molecule has 0 radical (unpaired) electrons. The van der Waals surface area contributed by atoms with E-state index in [1.807, 2.05) is 13.0 Å². The van der Waals surface area contributed by atoms with Gasteiger partial charge in [0.15, 0.2) is 5.76 Å². The number of furan rings is 1. The van der Waals surface area contributed by atoms with Gasteiger partial charge >= 0.3 is 5.88 Å². The molecular weight excluding hydrogens is 316 g/mol. The predicted molar refractivity (Wildman–Crippen MR) is 82.4 cm³/mol. The van der Waals surface area contributed by atoms with E-state index in [-0.39, 0.29) is 30.7 Å². The van der Waals surface area contributed by atoms with Crippen molar-refractivity contribution in [2.75, 3.05) is 18.4 Å². The maximum atomic E-state index is 12.1. The van der Waals surface area contributed by atoms with Gasteiger partial charge in [-0.25, -0.2) is 4.98 Å². The lowest BCUT2D eigenvalue weighted by Crippen LogP contribution is -2.54. The van der Waals surface area contributed by atoms with Gasteiger partial charge in [-0.05, 0) is 25.1 Å². The molecule has 9 heteroatoms. The van der Waals surface area contributed by atoms with Crippen LogP contribution in [0.25, 0.3) is 0 Å². The average molecular weight is 330 g/mol. The zero-order valence-electron chi connectivity index (χ0n) is 12.8. The molecule has 1 fully saturated rings. The summed E-state index contributed by atoms with van der Waals surface area (Å²) < 4.78 is 4.87. The van der Waals surface area contributed by atoms with Crippen molar-refractivity contribution in [1.82, 2.24) is 9.88 Å². The van der Waals surface area contributed by atoms with Gasteiger partial charge in [0.05, 0.1) is 12.0 Å². The molecule has 2 amide bonds. The third-order valence-electron chi connectivity index (χ3n) is 3.66. The normalized spacial score (nSPS) is 14.1. The molecule has 124 valence electrons. The molecule has 2 aromatic heterocycles. The van der Waals surface area contributed by atoms with Crippen LogP contribution >= 0.6 is 0 Å². The fraction of sp³-hybridized carbons (Fsp3) is 0.267. The van der Waals surface area contributed by atoms with Gasteiger partial charge in [0.2, 0.25) is 5.91 Å². The Morgan fingerprint density at radius 1 is 1.33 bits per heavy atom. The van der Waals surface area contributed by atoms with E-state index in [4.69, 9.17) is 4.42 Å². The predicted octanol–water partition coefficient (Wildman–Crippen LogP) is 1.60. The molecule has 0 unspecified atom stereocenters. The lowest BCUT2D eigenvalue weighted by Gasteiger charge is -2.37. The lowest BCUT2D eigenvalue weighted by molar-refractivity contribution is -0.402. The highest BCUT2D eigenvalue weighted by Crippen LogP contribution is 2.23. The first kappa shape index (κ1) is 15.7. The summed E-state index contributed by atoms with van der Waals surface area (Å²) in [4.78, 5) is 39.6. The summed E-state index contributed by atoms with van der Waals surface area (Å²) in [6.45, 7) is 2.28. The maximum Gasteiger partial charge on any atom is 0.433 e. The van der Waals surface area contributed by atoms with Gasteiger partial charge < -0.3 is 14.6 Å². The van der Waals surface area contributed by atoms with Crippen LogP contribution in [0.15, 0.2) is 34.7 Å². The Bertz CT molecular complexity index is 810. The summed E-state index contributed by atoms with van der Waals surface area (Å²) in [6.07, 6.45) is 0. The molecule has 0 saturated carbocycles. The van der Waals surface area contributed by atoms with Crippen molar-refractivity contribution in [2.45, 2.75) is 6.92 Å². The van der Waals surface area contributed by atoms with Gasteiger partial charge in [0.1, 0.15) is 10.7 Å². The first-order valence-electron chi connectivity index (χ1n) is 7.22. The number of hydrogen-bond acceptors (Lipinski definition) is 6. The highest BCUT2D eigenvalue weighted by atomic mass is 16.6. The van der Waals surface area contributed by atoms with Gasteiger partial charge in [0.25, 0.3) is 5.91 Å². The smallest absolute Gasteiger partial charge is 0.395 e. The van der Waals surface area contributed by atoms with Crippen LogP contribution in [0.3, 0.4) is 0 Å². The standard InChI is InChI=1S/C15H14N4O5/c1-9-3-2-4-12(16-9)17-14(20)10-7-18(8-10)15(21)11-5-6-13(24-11)19(22)23/h2-6,10H,7-8H2,1H3,(H,16,17,20). The number of nitrogens with one attached hydrogen (secondary N) is 1. The van der Waals surface area contributed by atoms with Crippen molar-refractivity contribution in [3.05, 3.63) is 51.9 Å². The van der Waals surface area contributed by atoms with Crippen molar-refractivity contribution in [2.24, 2.45) is 5.92 Å². The molecule has 3 rings (SSSR count). The minimum Gasteiger partial charge on any atom is -0.395 e. The molecule has 3 heterocycles. The number of carbonyl (C=O) groups is 2. The van der Waals surface area contributed by atoms with Crippen LogP contribution in [0.2, 0.25) is 0 Å². The van der Waals surface area contributed by atoms with E-state index in [9.17, 15) is 19.7 Å². The Morgan fingerprint density at radius 3 is 2.71 bits per heavy atom. The molecule has 9 nitrogen and oxygen atoms in total. The topological polar surface area (TPSA) is 119 Å². The molecule has 0 atom stereocenters. The highest BCUT2D eigenvalue weighted by Gasteiger charge is 2.37. The van der Waals surface area contributed by atoms with Gasteiger partial charge in [-0.3, -0.25) is 19.7 Å². The van der Waals surface area contributed by atoms with Crippen molar-refractivity contribution < 1.29 is 18.9 Å². The Hall–Kier alpha value is -3.23. The van der Waals surface area contributed by atoms with Crippen LogP contribution in [-0.2, 0) is 4.79 Å². The Morgan fingerprint density at radius 2 is 2.08 bits per heavy atom. The summed E-state index contributed by atoms with van der Waals surface area (Å²) in [7, 11) is 0. The molecule has 24 heavy (non-hydrogen) atoms. The quantitative estimate of drug-likeness (QED) is 0.672. The molecule has 0 aromatic carbocycles. The largest absolute Gasteiger partial charge is 0.433 e. The number of likely N-dealkylation sites (tertiary alicyclic amines) is 1. The van der Waals surface area contributed by atoms with E-state index in [1.54, 1.807) is 12.1 Å². The van der Waals surface area contributed by atoms with Crippen LogP contribution in [0.4, 0.5) is 11.7 Å². The number of anilines is 1. The molecule has 1 N–H and O–H groups in total. The number of aromatic nitrogens is 1. The van der Waals surface area contributed by atoms with E-state index < -0.39 is 16.7 Å². The molecule has 1 saturated heterocycles. The van der Waals surface area contributed by atoms with E-state index in [1.165, 1.54) is 11.0 Å². The number of hydrogen-bond donors (Lipinski definition) is 1. The highest BCUT2D eigenvalue weighted by molar-refractivity contribution is 5.97. The molecular formula is C15H14N4O5. The lowest BCUT2D eigenvalue weighted by atomic mass is 9.99. The SMILES string of the molecule is Cc1cccc(NC(=O)C2CN(C(=O)c3ccc([N+](=O)[O-])o3)C2)n1. The number of nitro groups is 1. The third kappa shape index (κ3) is 3.09. The van der Waals surface area contributed by atoms with Crippen LogP contribution in [-0.4, -0.2) is 39.7 Å². The Balaban J connectivity index is 1.55. The van der Waals surface area contributed by atoms with Crippen molar-refractivity contribution in [3.63, 3.8) is 0 Å². The fourth-order valence-electron chi connectivity index (χ4n) is 2.35. The van der Waals surface area contributed by atoms with E-state index in [0.29, 0.717) is 5.82 Å². The number of carbonyl (C=O) groups excluding carboxylic acids is 2. The van der Waals surface area contributed by atoms with Crippen LogP contribution in [0, 0.1) is 23.0 Å². The van der Waals surface area contributed by atoms with E-state index in [2.05, 4.69) is 10.3 Å². The molecule has 1 aliphatic rings. The average Bonchev–Trinajstić information content (AvgIpc) is 2.95. The zero-order chi connectivity index (χ0) is 17.3. The fourth-order valence-corrected chi connectivity index (χ4v) is 2.35. The van der Waals surface area contributed by atoms with Crippen molar-refractivity contribution in [3.8, 4) is 0 Å². The van der Waals surface area contributed by atoms with Gasteiger partial charge in [-0.2, -0.15) is 0 Å². The molecule has 2 aromatic rings. The second-order valence-corrected chi connectivity index (χ2v) is 5.46. The number of nitrogens with zero attached hydrogens (tertiary/aromatic N) is 3. The zero-order valence-corrected chi connectivity index (χ0v) is 12.8. The minimum absolute atomic E-state index is 0.110. The molecule has 0 bridgehead atoms. The van der Waals surface area contributed by atoms with Crippen molar-refractivity contribution in [1.29, 1.82) is 0 Å². The first-order chi connectivity index (χ1) is 11.4.